The number of ether oxygens (including phenoxy) is 1. The Balaban J connectivity index is 1.51. The lowest BCUT2D eigenvalue weighted by molar-refractivity contribution is -0.121. The van der Waals surface area contributed by atoms with Gasteiger partial charge in [0.05, 0.1) is 12.1 Å². The second-order valence-electron chi connectivity index (χ2n) is 8.73. The highest BCUT2D eigenvalue weighted by atomic mass is 16.5. The molecule has 2 heterocycles. The zero-order valence-electron chi connectivity index (χ0n) is 18.5. The Hall–Kier alpha value is -2.90. The summed E-state index contributed by atoms with van der Waals surface area (Å²) in [5.41, 5.74) is 6.98. The molecule has 2 aromatic rings. The molecule has 0 unspecified atom stereocenters. The van der Waals surface area contributed by atoms with E-state index in [-0.39, 0.29) is 29.3 Å². The number of hydrogen-bond donors (Lipinski definition) is 3. The van der Waals surface area contributed by atoms with Crippen molar-refractivity contribution in [1.29, 1.82) is 0 Å². The molecule has 2 aromatic carbocycles. The van der Waals surface area contributed by atoms with Gasteiger partial charge in [-0.1, -0.05) is 30.3 Å². The molecule has 4 N–H and O–H groups in total. The Morgan fingerprint density at radius 2 is 1.94 bits per heavy atom. The van der Waals surface area contributed by atoms with Gasteiger partial charge in [-0.15, -0.1) is 0 Å². The van der Waals surface area contributed by atoms with Crippen LogP contribution < -0.4 is 21.1 Å². The Labute approximate surface area is 189 Å². The number of fused-ring (bicyclic) bond motifs is 1. The number of carbonyl (C=O) groups is 2. The SMILES string of the molecule is CC(=O)N[C@@]12CCN(C(=O)c3ccc(OCCCN)cc3)C[C@@H]1[C@@H](c1ccccc1)NC2. The van der Waals surface area contributed by atoms with Crippen LogP contribution in [-0.2, 0) is 4.79 Å². The zero-order chi connectivity index (χ0) is 22.6. The summed E-state index contributed by atoms with van der Waals surface area (Å²) in [6, 6.07) is 17.6. The fourth-order valence-electron chi connectivity index (χ4n) is 5.00. The van der Waals surface area contributed by atoms with E-state index in [9.17, 15) is 9.59 Å². The molecule has 0 aromatic heterocycles. The number of nitrogens with zero attached hydrogens (tertiary/aromatic N) is 1. The summed E-state index contributed by atoms with van der Waals surface area (Å²) in [4.78, 5) is 27.2. The monoisotopic (exact) mass is 436 g/mol. The lowest BCUT2D eigenvalue weighted by Crippen LogP contribution is -2.61. The summed E-state index contributed by atoms with van der Waals surface area (Å²) in [6.07, 6.45) is 1.52. The van der Waals surface area contributed by atoms with Crippen LogP contribution in [0.5, 0.6) is 5.75 Å². The van der Waals surface area contributed by atoms with Gasteiger partial charge in [-0.2, -0.15) is 0 Å². The maximum atomic E-state index is 13.3. The molecule has 0 saturated carbocycles. The predicted molar refractivity (Wildman–Crippen MR) is 123 cm³/mol. The highest BCUT2D eigenvalue weighted by molar-refractivity contribution is 5.94. The largest absolute Gasteiger partial charge is 0.494 e. The van der Waals surface area contributed by atoms with Crippen LogP contribution in [0.15, 0.2) is 54.6 Å². The van der Waals surface area contributed by atoms with Crippen molar-refractivity contribution >= 4 is 11.8 Å². The second-order valence-corrected chi connectivity index (χ2v) is 8.73. The van der Waals surface area contributed by atoms with E-state index in [1.54, 1.807) is 6.92 Å². The molecule has 7 heteroatoms. The molecule has 32 heavy (non-hydrogen) atoms. The van der Waals surface area contributed by atoms with Crippen LogP contribution in [0.1, 0.15) is 41.7 Å². The Morgan fingerprint density at radius 3 is 2.62 bits per heavy atom. The standard InChI is InChI=1S/C25H32N4O3/c1-18(30)28-25-12-14-29(16-22(25)23(27-17-25)19-6-3-2-4-7-19)24(31)20-8-10-21(11-9-20)32-15-5-13-26/h2-4,6-11,22-23,27H,5,12-17,26H2,1H3,(H,28,30)/t22-,23-,25-/m1/s1. The van der Waals surface area contributed by atoms with Crippen LogP contribution in [0.2, 0.25) is 0 Å². The molecule has 4 rings (SSSR count). The molecule has 3 atom stereocenters. The topological polar surface area (TPSA) is 96.7 Å². The fourth-order valence-corrected chi connectivity index (χ4v) is 5.00. The molecule has 2 saturated heterocycles. The minimum atomic E-state index is -0.343. The molecular formula is C25H32N4O3. The van der Waals surface area contributed by atoms with Crippen molar-refractivity contribution in [3.63, 3.8) is 0 Å². The lowest BCUT2D eigenvalue weighted by atomic mass is 9.75. The zero-order valence-corrected chi connectivity index (χ0v) is 18.5. The number of likely N-dealkylation sites (tertiary alicyclic amines) is 1. The van der Waals surface area contributed by atoms with E-state index in [4.69, 9.17) is 10.5 Å². The van der Waals surface area contributed by atoms with Crippen LogP contribution in [0.25, 0.3) is 0 Å². The summed E-state index contributed by atoms with van der Waals surface area (Å²) in [5, 5.41) is 6.84. The van der Waals surface area contributed by atoms with E-state index in [0.717, 1.165) is 18.6 Å². The summed E-state index contributed by atoms with van der Waals surface area (Å²) >= 11 is 0. The van der Waals surface area contributed by atoms with Crippen molar-refractivity contribution in [3.8, 4) is 5.75 Å². The molecule has 0 spiro atoms. The first kappa shape index (κ1) is 22.3. The average Bonchev–Trinajstić information content (AvgIpc) is 3.17. The number of benzene rings is 2. The van der Waals surface area contributed by atoms with Crippen LogP contribution >= 0.6 is 0 Å². The second kappa shape index (κ2) is 9.71. The quantitative estimate of drug-likeness (QED) is 0.578. The molecule has 2 fully saturated rings. The van der Waals surface area contributed by atoms with E-state index in [0.29, 0.717) is 38.3 Å². The van der Waals surface area contributed by atoms with Gasteiger partial charge in [0.15, 0.2) is 0 Å². The lowest BCUT2D eigenvalue weighted by Gasteiger charge is -2.45. The van der Waals surface area contributed by atoms with Gasteiger partial charge >= 0.3 is 0 Å². The van der Waals surface area contributed by atoms with E-state index in [2.05, 4.69) is 22.8 Å². The summed E-state index contributed by atoms with van der Waals surface area (Å²) in [5.74, 6) is 0.803. The van der Waals surface area contributed by atoms with Crippen molar-refractivity contribution in [3.05, 3.63) is 65.7 Å². The number of amides is 2. The number of rotatable bonds is 7. The molecular weight excluding hydrogens is 404 g/mol. The molecule has 2 amide bonds. The van der Waals surface area contributed by atoms with Crippen molar-refractivity contribution in [2.75, 3.05) is 32.8 Å². The third-order valence-electron chi connectivity index (χ3n) is 6.58. The number of piperidine rings is 1. The summed E-state index contributed by atoms with van der Waals surface area (Å²) in [7, 11) is 0. The van der Waals surface area contributed by atoms with Gasteiger partial charge < -0.3 is 26.0 Å². The van der Waals surface area contributed by atoms with Gasteiger partial charge in [0.25, 0.3) is 5.91 Å². The molecule has 2 aliphatic rings. The Bertz CT molecular complexity index is 934. The maximum Gasteiger partial charge on any atom is 0.253 e. The van der Waals surface area contributed by atoms with Gasteiger partial charge in [-0.05, 0) is 49.2 Å². The van der Waals surface area contributed by atoms with Gasteiger partial charge in [0.1, 0.15) is 5.75 Å². The molecule has 0 radical (unpaired) electrons. The van der Waals surface area contributed by atoms with Crippen molar-refractivity contribution in [2.24, 2.45) is 11.7 Å². The molecule has 7 nitrogen and oxygen atoms in total. The number of carbonyl (C=O) groups excluding carboxylic acids is 2. The van der Waals surface area contributed by atoms with E-state index < -0.39 is 0 Å². The highest BCUT2D eigenvalue weighted by Gasteiger charge is 2.52. The molecule has 2 aliphatic heterocycles. The minimum absolute atomic E-state index is 0.00800. The van der Waals surface area contributed by atoms with Crippen LogP contribution in [0, 0.1) is 5.92 Å². The van der Waals surface area contributed by atoms with Crippen molar-refractivity contribution in [1.82, 2.24) is 15.5 Å². The Kier molecular flexibility index (Phi) is 6.77. The van der Waals surface area contributed by atoms with Gasteiger partial charge in [0, 0.05) is 44.1 Å². The first-order valence-electron chi connectivity index (χ1n) is 11.3. The third-order valence-corrected chi connectivity index (χ3v) is 6.58. The first-order valence-corrected chi connectivity index (χ1v) is 11.3. The van der Waals surface area contributed by atoms with Crippen molar-refractivity contribution in [2.45, 2.75) is 31.3 Å². The van der Waals surface area contributed by atoms with Gasteiger partial charge in [-0.25, -0.2) is 0 Å². The third kappa shape index (κ3) is 4.64. The van der Waals surface area contributed by atoms with Crippen LogP contribution in [0.4, 0.5) is 0 Å². The van der Waals surface area contributed by atoms with Crippen LogP contribution in [-0.4, -0.2) is 55.0 Å². The molecule has 0 bridgehead atoms. The number of hydrogen-bond acceptors (Lipinski definition) is 5. The van der Waals surface area contributed by atoms with E-state index in [1.807, 2.05) is 47.4 Å². The maximum absolute atomic E-state index is 13.3. The van der Waals surface area contributed by atoms with Gasteiger partial charge in [0.2, 0.25) is 5.91 Å². The first-order chi connectivity index (χ1) is 15.5. The highest BCUT2D eigenvalue weighted by Crippen LogP contribution is 2.42. The normalized spacial score (nSPS) is 24.6. The number of nitrogens with two attached hydrogens (primary N) is 1. The van der Waals surface area contributed by atoms with Crippen molar-refractivity contribution < 1.29 is 14.3 Å². The summed E-state index contributed by atoms with van der Waals surface area (Å²) in [6.45, 7) is 4.61. The van der Waals surface area contributed by atoms with Crippen LogP contribution in [0.3, 0.4) is 0 Å². The van der Waals surface area contributed by atoms with E-state index >= 15 is 0 Å². The fraction of sp³-hybridized carbons (Fsp3) is 0.440. The smallest absolute Gasteiger partial charge is 0.253 e. The number of nitrogens with one attached hydrogen (secondary N) is 2. The average molecular weight is 437 g/mol. The summed E-state index contributed by atoms with van der Waals surface area (Å²) < 4.78 is 5.64. The molecule has 170 valence electrons. The van der Waals surface area contributed by atoms with Gasteiger partial charge in [-0.3, -0.25) is 9.59 Å². The Morgan fingerprint density at radius 1 is 1.19 bits per heavy atom. The molecule has 0 aliphatic carbocycles. The predicted octanol–water partition coefficient (Wildman–Crippen LogP) is 2.10. The van der Waals surface area contributed by atoms with E-state index in [1.165, 1.54) is 5.56 Å². The minimum Gasteiger partial charge on any atom is -0.494 e.